The summed E-state index contributed by atoms with van der Waals surface area (Å²) < 4.78 is 0. The number of amides is 3. The number of aliphatic imine (C=N–C) groups is 1. The molecule has 15 nitrogen and oxygen atoms in total. The predicted molar refractivity (Wildman–Crippen MR) is 127 cm³/mol. The molecule has 13 N–H and O–H groups in total. The van der Waals surface area contributed by atoms with E-state index in [0.717, 1.165) is 0 Å². The Morgan fingerprint density at radius 3 is 1.80 bits per heavy atom. The summed E-state index contributed by atoms with van der Waals surface area (Å²) in [4.78, 5) is 64.0. The van der Waals surface area contributed by atoms with Gasteiger partial charge in [-0.15, -0.1) is 0 Å². The van der Waals surface area contributed by atoms with E-state index in [0.29, 0.717) is 19.4 Å². The van der Waals surface area contributed by atoms with Gasteiger partial charge in [-0.05, 0) is 52.0 Å². The van der Waals surface area contributed by atoms with E-state index < -0.39 is 60.2 Å². The van der Waals surface area contributed by atoms with Crippen molar-refractivity contribution in [2.75, 3.05) is 13.1 Å². The Hall–Kier alpha value is -3.46. The van der Waals surface area contributed by atoms with Crippen LogP contribution in [-0.2, 0) is 24.0 Å². The van der Waals surface area contributed by atoms with E-state index in [1.54, 1.807) is 0 Å². The van der Waals surface area contributed by atoms with Gasteiger partial charge in [-0.1, -0.05) is 0 Å². The summed E-state index contributed by atoms with van der Waals surface area (Å²) in [6, 6.07) is -4.61. The standard InChI is InChI=1S/C20H38N8O7/c1-11(22)16(31)26-13(7-8-15(29)30)18(33)27-12(5-2-3-9-21)17(32)28-14(19(34)35)6-4-10-25-20(23)24/h11-14H,2-10,21-22H2,1H3,(H,26,31)(H,27,33)(H,28,32)(H,29,30)(H,34,35)(H4,23,24,25). The summed E-state index contributed by atoms with van der Waals surface area (Å²) in [5.41, 5.74) is 21.5. The van der Waals surface area contributed by atoms with Crippen LogP contribution in [0.2, 0.25) is 0 Å². The number of unbranched alkanes of at least 4 members (excludes halogenated alkanes) is 1. The van der Waals surface area contributed by atoms with E-state index in [4.69, 9.17) is 28.0 Å². The normalized spacial score (nSPS) is 14.0. The first-order valence-electron chi connectivity index (χ1n) is 11.3. The van der Waals surface area contributed by atoms with Gasteiger partial charge in [-0.25, -0.2) is 4.79 Å². The Labute approximate surface area is 203 Å². The van der Waals surface area contributed by atoms with Gasteiger partial charge in [-0.3, -0.25) is 24.2 Å². The van der Waals surface area contributed by atoms with Crippen LogP contribution in [0.3, 0.4) is 0 Å². The lowest BCUT2D eigenvalue weighted by molar-refractivity contribution is -0.142. The minimum atomic E-state index is -1.28. The highest BCUT2D eigenvalue weighted by Crippen LogP contribution is 2.07. The first kappa shape index (κ1) is 31.5. The number of carboxylic acid groups (broad SMARTS) is 2. The molecular formula is C20H38N8O7. The predicted octanol–water partition coefficient (Wildman–Crippen LogP) is -3.08. The molecule has 0 spiro atoms. The Balaban J connectivity index is 5.44. The largest absolute Gasteiger partial charge is 0.481 e. The third-order valence-electron chi connectivity index (χ3n) is 4.83. The maximum atomic E-state index is 12.9. The molecule has 0 fully saturated rings. The number of carbonyl (C=O) groups is 5. The molecule has 0 rings (SSSR count). The average molecular weight is 503 g/mol. The lowest BCUT2D eigenvalue weighted by Crippen LogP contribution is -2.57. The number of aliphatic carboxylic acids is 2. The molecule has 15 heteroatoms. The van der Waals surface area contributed by atoms with Crippen LogP contribution in [0.25, 0.3) is 0 Å². The second kappa shape index (κ2) is 17.0. The molecule has 0 aromatic heterocycles. The van der Waals surface area contributed by atoms with Crippen LogP contribution in [-0.4, -0.2) is 83.1 Å². The molecule has 0 aliphatic heterocycles. The van der Waals surface area contributed by atoms with Gasteiger partial charge in [-0.2, -0.15) is 0 Å². The average Bonchev–Trinajstić information content (AvgIpc) is 2.76. The molecule has 0 heterocycles. The second-order valence-electron chi connectivity index (χ2n) is 7.98. The van der Waals surface area contributed by atoms with Gasteiger partial charge >= 0.3 is 11.9 Å². The first-order valence-corrected chi connectivity index (χ1v) is 11.3. The van der Waals surface area contributed by atoms with Gasteiger partial charge in [0.25, 0.3) is 0 Å². The van der Waals surface area contributed by atoms with Crippen molar-refractivity contribution in [3.8, 4) is 0 Å². The molecule has 4 unspecified atom stereocenters. The third-order valence-corrected chi connectivity index (χ3v) is 4.83. The van der Waals surface area contributed by atoms with Crippen molar-refractivity contribution in [2.45, 2.75) is 76.0 Å². The highest BCUT2D eigenvalue weighted by atomic mass is 16.4. The number of guanidine groups is 1. The minimum Gasteiger partial charge on any atom is -0.481 e. The summed E-state index contributed by atoms with van der Waals surface area (Å²) in [5, 5.41) is 25.6. The van der Waals surface area contributed by atoms with Crippen LogP contribution in [0.15, 0.2) is 4.99 Å². The zero-order chi connectivity index (χ0) is 27.0. The van der Waals surface area contributed by atoms with Crippen molar-refractivity contribution in [3.05, 3.63) is 0 Å². The number of nitrogens with two attached hydrogens (primary N) is 4. The Bertz CT molecular complexity index is 756. The highest BCUT2D eigenvalue weighted by Gasteiger charge is 2.29. The SMILES string of the molecule is CC(N)C(=O)NC(CCC(=O)O)C(=O)NC(CCCCN)C(=O)NC(CCCN=C(N)N)C(=O)O. The molecule has 0 bridgehead atoms. The van der Waals surface area contributed by atoms with Crippen molar-refractivity contribution >= 4 is 35.6 Å². The highest BCUT2D eigenvalue weighted by molar-refractivity contribution is 5.94. The van der Waals surface area contributed by atoms with Crippen LogP contribution in [0.5, 0.6) is 0 Å². The van der Waals surface area contributed by atoms with E-state index in [1.807, 2.05) is 0 Å². The molecule has 35 heavy (non-hydrogen) atoms. The molecule has 0 aromatic carbocycles. The Morgan fingerprint density at radius 2 is 1.31 bits per heavy atom. The van der Waals surface area contributed by atoms with Gasteiger partial charge in [0.05, 0.1) is 6.04 Å². The summed E-state index contributed by atoms with van der Waals surface area (Å²) in [7, 11) is 0. The maximum Gasteiger partial charge on any atom is 0.326 e. The molecule has 0 aliphatic carbocycles. The topological polar surface area (TPSA) is 278 Å². The maximum absolute atomic E-state index is 12.9. The monoisotopic (exact) mass is 502 g/mol. The summed E-state index contributed by atoms with van der Waals surface area (Å²) >= 11 is 0. The van der Waals surface area contributed by atoms with Gasteiger partial charge < -0.3 is 49.1 Å². The van der Waals surface area contributed by atoms with Crippen LogP contribution in [0.4, 0.5) is 0 Å². The number of carbonyl (C=O) groups excluding carboxylic acids is 3. The van der Waals surface area contributed by atoms with E-state index >= 15 is 0 Å². The third kappa shape index (κ3) is 14.4. The van der Waals surface area contributed by atoms with Crippen LogP contribution in [0, 0.1) is 0 Å². The Kier molecular flexibility index (Phi) is 15.4. The molecular weight excluding hydrogens is 464 g/mol. The fraction of sp³-hybridized carbons (Fsp3) is 0.700. The minimum absolute atomic E-state index is 0.0347. The number of rotatable bonds is 18. The fourth-order valence-electron chi connectivity index (χ4n) is 2.91. The Morgan fingerprint density at radius 1 is 0.800 bits per heavy atom. The number of nitrogens with one attached hydrogen (secondary N) is 3. The van der Waals surface area contributed by atoms with E-state index in [1.165, 1.54) is 6.92 Å². The molecule has 3 amide bonds. The lowest BCUT2D eigenvalue weighted by Gasteiger charge is -2.25. The second-order valence-corrected chi connectivity index (χ2v) is 7.98. The number of hydrogen-bond donors (Lipinski definition) is 9. The quantitative estimate of drug-likeness (QED) is 0.0514. The van der Waals surface area contributed by atoms with Gasteiger partial charge in [0, 0.05) is 13.0 Å². The molecule has 200 valence electrons. The van der Waals surface area contributed by atoms with Crippen molar-refractivity contribution in [3.63, 3.8) is 0 Å². The smallest absolute Gasteiger partial charge is 0.326 e. The van der Waals surface area contributed by atoms with E-state index in [2.05, 4.69) is 20.9 Å². The van der Waals surface area contributed by atoms with Crippen molar-refractivity contribution < 1.29 is 34.2 Å². The van der Waals surface area contributed by atoms with Gasteiger partial charge in [0.1, 0.15) is 18.1 Å². The number of hydrogen-bond acceptors (Lipinski definition) is 8. The van der Waals surface area contributed by atoms with Crippen LogP contribution < -0.4 is 38.9 Å². The zero-order valence-corrected chi connectivity index (χ0v) is 19.9. The number of nitrogens with zero attached hydrogens (tertiary/aromatic N) is 1. The molecule has 4 atom stereocenters. The fourth-order valence-corrected chi connectivity index (χ4v) is 2.91. The number of carboxylic acids is 2. The molecule has 0 saturated carbocycles. The molecule has 0 radical (unpaired) electrons. The molecule has 0 aromatic rings. The van der Waals surface area contributed by atoms with E-state index in [9.17, 15) is 29.1 Å². The van der Waals surface area contributed by atoms with Crippen molar-refractivity contribution in [2.24, 2.45) is 27.9 Å². The van der Waals surface area contributed by atoms with Crippen molar-refractivity contribution in [1.29, 1.82) is 0 Å². The zero-order valence-electron chi connectivity index (χ0n) is 19.9. The van der Waals surface area contributed by atoms with Crippen LogP contribution in [0.1, 0.15) is 51.9 Å². The van der Waals surface area contributed by atoms with Crippen LogP contribution >= 0.6 is 0 Å². The van der Waals surface area contributed by atoms with E-state index in [-0.39, 0.29) is 38.2 Å². The summed E-state index contributed by atoms with van der Waals surface area (Å²) in [6.07, 6.45) is 0.792. The van der Waals surface area contributed by atoms with Gasteiger partial charge in [0.15, 0.2) is 5.96 Å². The molecule has 0 saturated heterocycles. The summed E-state index contributed by atoms with van der Waals surface area (Å²) in [6.45, 7) is 1.91. The first-order chi connectivity index (χ1) is 16.4. The lowest BCUT2D eigenvalue weighted by atomic mass is 10.0. The molecule has 0 aliphatic rings. The van der Waals surface area contributed by atoms with Crippen molar-refractivity contribution in [1.82, 2.24) is 16.0 Å². The summed E-state index contributed by atoms with van der Waals surface area (Å²) in [5.74, 6) is -4.82. The van der Waals surface area contributed by atoms with Gasteiger partial charge in [0.2, 0.25) is 17.7 Å².